The van der Waals surface area contributed by atoms with E-state index in [0.717, 1.165) is 0 Å². The molecule has 19 heavy (non-hydrogen) atoms. The Labute approximate surface area is 111 Å². The maximum atomic E-state index is 12.5. The van der Waals surface area contributed by atoms with Crippen LogP contribution in [0.1, 0.15) is 0 Å². The molecule has 1 saturated heterocycles. The van der Waals surface area contributed by atoms with Crippen molar-refractivity contribution in [2.75, 3.05) is 31.8 Å². The Morgan fingerprint density at radius 3 is 3.11 bits per heavy atom. The molecule has 4 N–H and O–H groups in total. The molecule has 1 aromatic heterocycles. The lowest BCUT2D eigenvalue weighted by atomic mass is 10.3. The smallest absolute Gasteiger partial charge is 0.263 e. The number of nitrogens with two attached hydrogens (primary N) is 1. The van der Waals surface area contributed by atoms with E-state index in [4.69, 9.17) is 10.6 Å². The largest absolute Gasteiger partial charge is 0.395 e. The number of ether oxygens (including phenoxy) is 1. The fourth-order valence-electron chi connectivity index (χ4n) is 1.92. The number of aliphatic hydroxyl groups excluding tert-OH is 1. The van der Waals surface area contributed by atoms with E-state index < -0.39 is 16.1 Å². The fraction of sp³-hybridized carbons (Fsp3) is 0.500. The first-order chi connectivity index (χ1) is 9.11. The number of aliphatic hydroxyl groups is 1. The summed E-state index contributed by atoms with van der Waals surface area (Å²) in [6.07, 6.45) is 1.38. The SMILES string of the molecule is NNc1cccnc1S(=O)(=O)N1CCOCC1CO. The lowest BCUT2D eigenvalue weighted by molar-refractivity contribution is 0.0108. The van der Waals surface area contributed by atoms with E-state index in [0.29, 0.717) is 0 Å². The molecule has 0 saturated carbocycles. The molecule has 0 aliphatic carbocycles. The zero-order chi connectivity index (χ0) is 13.9. The van der Waals surface area contributed by atoms with Crippen LogP contribution < -0.4 is 11.3 Å². The molecule has 1 unspecified atom stereocenters. The standard InChI is InChI=1S/C10H16N4O4S/c11-13-9-2-1-3-12-10(9)19(16,17)14-4-5-18-7-8(14)6-15/h1-3,8,13,15H,4-7,11H2. The summed E-state index contributed by atoms with van der Waals surface area (Å²) in [6.45, 7) is 0.313. The van der Waals surface area contributed by atoms with Gasteiger partial charge in [-0.2, -0.15) is 4.31 Å². The number of anilines is 1. The maximum Gasteiger partial charge on any atom is 0.263 e. The summed E-state index contributed by atoms with van der Waals surface area (Å²) >= 11 is 0. The Morgan fingerprint density at radius 2 is 2.42 bits per heavy atom. The van der Waals surface area contributed by atoms with Gasteiger partial charge in [0, 0.05) is 12.7 Å². The van der Waals surface area contributed by atoms with Crippen molar-refractivity contribution >= 4 is 15.7 Å². The molecular formula is C10H16N4O4S. The molecule has 1 aliphatic rings. The number of sulfonamides is 1. The number of rotatable bonds is 4. The van der Waals surface area contributed by atoms with Crippen molar-refractivity contribution in [3.63, 3.8) is 0 Å². The van der Waals surface area contributed by atoms with Gasteiger partial charge in [-0.05, 0) is 12.1 Å². The van der Waals surface area contributed by atoms with Gasteiger partial charge in [0.05, 0.1) is 31.5 Å². The van der Waals surface area contributed by atoms with Crippen LogP contribution >= 0.6 is 0 Å². The van der Waals surface area contributed by atoms with Gasteiger partial charge >= 0.3 is 0 Å². The molecule has 1 atom stereocenters. The second kappa shape index (κ2) is 5.80. The van der Waals surface area contributed by atoms with Gasteiger partial charge in [-0.3, -0.25) is 5.84 Å². The minimum atomic E-state index is -3.83. The Hall–Kier alpha value is -1.26. The van der Waals surface area contributed by atoms with Crippen LogP contribution in [0.15, 0.2) is 23.4 Å². The monoisotopic (exact) mass is 288 g/mol. The van der Waals surface area contributed by atoms with Crippen LogP contribution in [0.2, 0.25) is 0 Å². The summed E-state index contributed by atoms with van der Waals surface area (Å²) < 4.78 is 31.4. The van der Waals surface area contributed by atoms with Crippen molar-refractivity contribution in [2.45, 2.75) is 11.1 Å². The molecule has 0 amide bonds. The average Bonchev–Trinajstić information content (AvgIpc) is 2.47. The zero-order valence-corrected chi connectivity index (χ0v) is 11.0. The highest BCUT2D eigenvalue weighted by atomic mass is 32.2. The molecule has 2 rings (SSSR count). The number of nitrogens with zero attached hydrogens (tertiary/aromatic N) is 2. The van der Waals surface area contributed by atoms with Gasteiger partial charge in [0.1, 0.15) is 0 Å². The van der Waals surface area contributed by atoms with E-state index in [9.17, 15) is 13.5 Å². The van der Waals surface area contributed by atoms with E-state index in [2.05, 4.69) is 10.4 Å². The van der Waals surface area contributed by atoms with Gasteiger partial charge in [-0.1, -0.05) is 0 Å². The van der Waals surface area contributed by atoms with Gasteiger partial charge in [-0.25, -0.2) is 13.4 Å². The Morgan fingerprint density at radius 1 is 1.63 bits per heavy atom. The molecule has 0 radical (unpaired) electrons. The Bertz CT molecular complexity index is 536. The maximum absolute atomic E-state index is 12.5. The molecule has 0 aromatic carbocycles. The molecule has 9 heteroatoms. The molecule has 1 aliphatic heterocycles. The van der Waals surface area contributed by atoms with Crippen LogP contribution in [0.3, 0.4) is 0 Å². The van der Waals surface area contributed by atoms with Crippen LogP contribution in [-0.2, 0) is 14.8 Å². The number of aromatic nitrogens is 1. The number of nitrogens with one attached hydrogen (secondary N) is 1. The third kappa shape index (κ3) is 2.69. The predicted molar refractivity (Wildman–Crippen MR) is 67.6 cm³/mol. The molecule has 0 spiro atoms. The first kappa shape index (κ1) is 14.2. The summed E-state index contributed by atoms with van der Waals surface area (Å²) in [5, 5.41) is 9.10. The first-order valence-corrected chi connectivity index (χ1v) is 7.17. The molecular weight excluding hydrogens is 272 g/mol. The van der Waals surface area contributed by atoms with E-state index in [1.54, 1.807) is 6.07 Å². The van der Waals surface area contributed by atoms with Crippen molar-refractivity contribution in [1.29, 1.82) is 0 Å². The normalized spacial score (nSPS) is 21.3. The lowest BCUT2D eigenvalue weighted by Crippen LogP contribution is -2.50. The summed E-state index contributed by atoms with van der Waals surface area (Å²) in [5.41, 5.74) is 2.53. The topological polar surface area (TPSA) is 118 Å². The highest BCUT2D eigenvalue weighted by Gasteiger charge is 2.35. The Kier molecular flexibility index (Phi) is 4.32. The predicted octanol–water partition coefficient (Wildman–Crippen LogP) is -1.25. The second-order valence-corrected chi connectivity index (χ2v) is 5.83. The summed E-state index contributed by atoms with van der Waals surface area (Å²) in [7, 11) is -3.83. The van der Waals surface area contributed by atoms with E-state index in [1.807, 2.05) is 0 Å². The van der Waals surface area contributed by atoms with Crippen LogP contribution in [0.5, 0.6) is 0 Å². The number of morpholine rings is 1. The molecule has 8 nitrogen and oxygen atoms in total. The summed E-state index contributed by atoms with van der Waals surface area (Å²) in [6, 6.07) is 2.50. The molecule has 1 fully saturated rings. The van der Waals surface area contributed by atoms with E-state index >= 15 is 0 Å². The van der Waals surface area contributed by atoms with E-state index in [1.165, 1.54) is 16.6 Å². The number of hydrogen-bond donors (Lipinski definition) is 3. The van der Waals surface area contributed by atoms with Crippen molar-refractivity contribution in [3.8, 4) is 0 Å². The average molecular weight is 288 g/mol. The lowest BCUT2D eigenvalue weighted by Gasteiger charge is -2.33. The summed E-state index contributed by atoms with van der Waals surface area (Å²) in [4.78, 5) is 3.87. The van der Waals surface area contributed by atoms with Crippen LogP contribution in [0.4, 0.5) is 5.69 Å². The van der Waals surface area contributed by atoms with Crippen molar-refractivity contribution in [1.82, 2.24) is 9.29 Å². The fourth-order valence-corrected chi connectivity index (χ4v) is 3.57. The van der Waals surface area contributed by atoms with Gasteiger partial charge in [-0.15, -0.1) is 0 Å². The number of pyridine rings is 1. The minimum absolute atomic E-state index is 0.155. The van der Waals surface area contributed by atoms with Crippen LogP contribution in [-0.4, -0.2) is 55.2 Å². The van der Waals surface area contributed by atoms with Gasteiger partial charge in [0.25, 0.3) is 10.0 Å². The minimum Gasteiger partial charge on any atom is -0.395 e. The highest BCUT2D eigenvalue weighted by Crippen LogP contribution is 2.24. The third-order valence-electron chi connectivity index (χ3n) is 2.86. The third-order valence-corrected chi connectivity index (χ3v) is 4.78. The van der Waals surface area contributed by atoms with Gasteiger partial charge in [0.2, 0.25) is 0 Å². The zero-order valence-electron chi connectivity index (χ0n) is 10.2. The van der Waals surface area contributed by atoms with Crippen LogP contribution in [0, 0.1) is 0 Å². The van der Waals surface area contributed by atoms with Crippen LogP contribution in [0.25, 0.3) is 0 Å². The summed E-state index contributed by atoms with van der Waals surface area (Å²) in [5.74, 6) is 5.30. The molecule has 1 aromatic rings. The van der Waals surface area contributed by atoms with Crippen molar-refractivity contribution in [2.24, 2.45) is 5.84 Å². The number of hydrogen-bond acceptors (Lipinski definition) is 7. The molecule has 2 heterocycles. The highest BCUT2D eigenvalue weighted by molar-refractivity contribution is 7.89. The van der Waals surface area contributed by atoms with Crippen molar-refractivity contribution < 1.29 is 18.3 Å². The van der Waals surface area contributed by atoms with E-state index in [-0.39, 0.29) is 37.1 Å². The second-order valence-electron chi connectivity index (χ2n) is 4.03. The number of hydrazine groups is 1. The first-order valence-electron chi connectivity index (χ1n) is 5.73. The van der Waals surface area contributed by atoms with Crippen molar-refractivity contribution in [3.05, 3.63) is 18.3 Å². The molecule has 106 valence electrons. The number of nitrogen functional groups attached to an aromatic ring is 1. The molecule has 0 bridgehead atoms. The van der Waals surface area contributed by atoms with Gasteiger partial charge in [0.15, 0.2) is 5.03 Å². The van der Waals surface area contributed by atoms with Gasteiger partial charge < -0.3 is 15.3 Å². The Balaban J connectivity index is 2.40. The quantitative estimate of drug-likeness (QED) is 0.468.